The fraction of sp³-hybridized carbons (Fsp3) is 0.400. The van der Waals surface area contributed by atoms with Crippen LogP contribution in [0, 0.1) is 6.92 Å². The molecule has 17 heavy (non-hydrogen) atoms. The number of rotatable bonds is 5. The van der Waals surface area contributed by atoms with Gasteiger partial charge >= 0.3 is 7.82 Å². The van der Waals surface area contributed by atoms with Gasteiger partial charge in [0.2, 0.25) is 0 Å². The third-order valence-electron chi connectivity index (χ3n) is 1.90. The van der Waals surface area contributed by atoms with E-state index in [0.717, 1.165) is 0 Å². The average molecular weight is 284 g/mol. The number of aryl methyl sites for hydroxylation is 1. The molecular formula is C10H15O5PS. The quantitative estimate of drug-likeness (QED) is 0.777. The first-order chi connectivity index (χ1) is 10.2. The lowest BCUT2D eigenvalue weighted by atomic mass is 10.2. The second-order valence-electron chi connectivity index (χ2n) is 3.10. The van der Waals surface area contributed by atoms with E-state index in [2.05, 4.69) is 9.05 Å². The maximum absolute atomic E-state index is 12.3. The van der Waals surface area contributed by atoms with Crippen molar-refractivity contribution in [1.29, 1.82) is 0 Å². The lowest BCUT2D eigenvalue weighted by Crippen LogP contribution is -1.98. The van der Waals surface area contributed by atoms with E-state index in [0.29, 0.717) is 10.5 Å². The van der Waals surface area contributed by atoms with Crippen LogP contribution in [0.4, 0.5) is 0 Å². The number of benzene rings is 1. The smallest absolute Gasteiger partial charge is 0.404 e. The van der Waals surface area contributed by atoms with E-state index in [4.69, 9.17) is 12.7 Å². The zero-order valence-electron chi connectivity index (χ0n) is 15.1. The van der Waals surface area contributed by atoms with E-state index < -0.39 is 32.7 Å². The van der Waals surface area contributed by atoms with Gasteiger partial charge in [-0.2, -0.15) is 0 Å². The first-order valence-electron chi connectivity index (χ1n) is 7.36. The molecule has 0 aliphatic carbocycles. The van der Waals surface area contributed by atoms with E-state index in [9.17, 15) is 8.77 Å². The van der Waals surface area contributed by atoms with Crippen LogP contribution in [0.5, 0.6) is 5.75 Å². The molecule has 1 aromatic rings. The van der Waals surface area contributed by atoms with E-state index in [1.54, 1.807) is 6.92 Å². The van der Waals surface area contributed by atoms with Gasteiger partial charge in [0.25, 0.3) is 0 Å². The summed E-state index contributed by atoms with van der Waals surface area (Å²) in [5.41, 5.74) is 0.512. The molecule has 0 saturated heterocycles. The molecule has 0 saturated carbocycles. The normalized spacial score (nSPS) is 20.1. The van der Waals surface area contributed by atoms with Gasteiger partial charge in [0, 0.05) is 25.2 Å². The van der Waals surface area contributed by atoms with Crippen LogP contribution >= 0.6 is 7.82 Å². The summed E-state index contributed by atoms with van der Waals surface area (Å²) in [5, 5.41) is 0. The molecular weight excluding hydrogens is 263 g/mol. The molecule has 0 aliphatic rings. The molecule has 0 bridgehead atoms. The van der Waals surface area contributed by atoms with Crippen LogP contribution in [0.15, 0.2) is 23.1 Å². The number of phosphoric ester groups is 1. The highest BCUT2D eigenvalue weighted by Gasteiger charge is 2.24. The van der Waals surface area contributed by atoms with Crippen molar-refractivity contribution in [2.24, 2.45) is 0 Å². The van der Waals surface area contributed by atoms with Gasteiger partial charge in [0.1, 0.15) is 5.75 Å². The molecule has 0 aliphatic heterocycles. The van der Waals surface area contributed by atoms with Gasteiger partial charge in [0.15, 0.2) is 0 Å². The summed E-state index contributed by atoms with van der Waals surface area (Å²) in [6.07, 6.45) is 1.46. The average Bonchev–Trinajstić information content (AvgIpc) is 2.21. The maximum Gasteiger partial charge on any atom is 0.529 e. The van der Waals surface area contributed by atoms with E-state index in [1.807, 2.05) is 0 Å². The molecule has 0 heterocycles. The van der Waals surface area contributed by atoms with Gasteiger partial charge < -0.3 is 4.52 Å². The Labute approximate surface area is 112 Å². The van der Waals surface area contributed by atoms with E-state index in [-0.39, 0.29) is 5.75 Å². The van der Waals surface area contributed by atoms with Gasteiger partial charge in [-0.15, -0.1) is 0 Å². The molecule has 0 spiro atoms. The Hall–Kier alpha value is -0.680. The molecule has 1 rings (SSSR count). The van der Waals surface area contributed by atoms with Crippen molar-refractivity contribution in [1.82, 2.24) is 0 Å². The van der Waals surface area contributed by atoms with Crippen LogP contribution in [0.3, 0.4) is 0 Å². The van der Waals surface area contributed by atoms with Crippen molar-refractivity contribution in [3.05, 3.63) is 23.8 Å². The minimum Gasteiger partial charge on any atom is -0.404 e. The van der Waals surface area contributed by atoms with Crippen LogP contribution in [0.2, 0.25) is 0 Å². The van der Waals surface area contributed by atoms with E-state index in [1.165, 1.54) is 24.5 Å². The highest BCUT2D eigenvalue weighted by Crippen LogP contribution is 2.47. The van der Waals surface area contributed by atoms with Crippen LogP contribution in [-0.2, 0) is 24.4 Å². The Kier molecular flexibility index (Phi) is 2.61. The van der Waals surface area contributed by atoms with Gasteiger partial charge in [-0.3, -0.25) is 13.3 Å². The van der Waals surface area contributed by atoms with Crippen LogP contribution < -0.4 is 4.52 Å². The fourth-order valence-corrected chi connectivity index (χ4v) is 2.44. The SMILES string of the molecule is [2H]C([2H])([2H])OP(=O)(Oc1ccc(S(C)=O)c(C)c1)OC([2H])([2H])[2H]. The third kappa shape index (κ3) is 3.64. The van der Waals surface area contributed by atoms with Crippen LogP contribution in [0.1, 0.15) is 13.8 Å². The molecule has 5 nitrogen and oxygen atoms in total. The molecule has 0 amide bonds. The van der Waals surface area contributed by atoms with Gasteiger partial charge in [-0.25, -0.2) is 4.57 Å². The predicted octanol–water partition coefficient (Wildman–Crippen LogP) is 2.51. The van der Waals surface area contributed by atoms with Crippen LogP contribution in [0.25, 0.3) is 0 Å². The van der Waals surface area contributed by atoms with Crippen LogP contribution in [-0.4, -0.2) is 24.5 Å². The molecule has 7 heteroatoms. The molecule has 0 radical (unpaired) electrons. The zero-order chi connectivity index (χ0) is 18.1. The highest BCUT2D eigenvalue weighted by atomic mass is 32.2. The molecule has 1 atom stereocenters. The lowest BCUT2D eigenvalue weighted by molar-refractivity contribution is 0.211. The summed E-state index contributed by atoms with van der Waals surface area (Å²) in [6.45, 7) is 1.60. The van der Waals surface area contributed by atoms with Gasteiger partial charge in [0.05, 0.1) is 19.0 Å². The summed E-state index contributed by atoms with van der Waals surface area (Å²) >= 11 is 0. The summed E-state index contributed by atoms with van der Waals surface area (Å²) in [4.78, 5) is 0.487. The predicted molar refractivity (Wildman–Crippen MR) is 65.8 cm³/mol. The highest BCUT2D eigenvalue weighted by molar-refractivity contribution is 7.84. The van der Waals surface area contributed by atoms with Crippen molar-refractivity contribution < 1.29 is 30.6 Å². The fourth-order valence-electron chi connectivity index (χ4n) is 1.19. The lowest BCUT2D eigenvalue weighted by Gasteiger charge is -2.15. The van der Waals surface area contributed by atoms with Crippen molar-refractivity contribution in [2.75, 3.05) is 20.3 Å². The topological polar surface area (TPSA) is 61.8 Å². The Morgan fingerprint density at radius 2 is 2.00 bits per heavy atom. The van der Waals surface area contributed by atoms with Gasteiger partial charge in [-0.05, 0) is 30.7 Å². The van der Waals surface area contributed by atoms with Crippen molar-refractivity contribution in [3.63, 3.8) is 0 Å². The molecule has 0 N–H and O–H groups in total. The largest absolute Gasteiger partial charge is 0.529 e. The second-order valence-corrected chi connectivity index (χ2v) is 5.89. The summed E-state index contributed by atoms with van der Waals surface area (Å²) in [5.74, 6) is -0.145. The Balaban J connectivity index is 3.13. The number of hydrogen-bond donors (Lipinski definition) is 0. The van der Waals surface area contributed by atoms with Crippen molar-refractivity contribution in [3.8, 4) is 5.75 Å². The third-order valence-corrected chi connectivity index (χ3v) is 3.86. The van der Waals surface area contributed by atoms with Gasteiger partial charge in [-0.1, -0.05) is 0 Å². The summed E-state index contributed by atoms with van der Waals surface area (Å²) in [7, 11) is -12.6. The molecule has 0 fully saturated rings. The first kappa shape index (κ1) is 7.69. The van der Waals surface area contributed by atoms with E-state index >= 15 is 0 Å². The number of phosphoric acid groups is 1. The monoisotopic (exact) mass is 284 g/mol. The van der Waals surface area contributed by atoms with Crippen molar-refractivity contribution >= 4 is 18.6 Å². The zero-order valence-corrected chi connectivity index (χ0v) is 10.8. The minimum atomic E-state index is -4.94. The molecule has 96 valence electrons. The second kappa shape index (κ2) is 5.78. The Morgan fingerprint density at radius 3 is 2.47 bits per heavy atom. The maximum atomic E-state index is 12.3. The summed E-state index contributed by atoms with van der Waals surface area (Å²) < 4.78 is 78.7. The minimum absolute atomic E-state index is 0.145. The Bertz CT molecular complexity index is 624. The first-order valence-corrected chi connectivity index (χ1v) is 7.38. The molecule has 1 aromatic carbocycles. The van der Waals surface area contributed by atoms with Crippen molar-refractivity contribution in [2.45, 2.75) is 11.8 Å². The molecule has 0 aromatic heterocycles. The molecule has 1 unspecified atom stereocenters. The Morgan fingerprint density at radius 1 is 1.35 bits per heavy atom. The summed E-state index contributed by atoms with van der Waals surface area (Å²) in [6, 6.07) is 3.98. The standard InChI is InChI=1S/C10H15O5PS/c1-8-7-9(5-6-10(8)17(4)12)15-16(11,13-2)14-3/h5-7H,1-4H3/i2D3,3D3. The number of hydrogen-bond acceptors (Lipinski definition) is 5.